The van der Waals surface area contributed by atoms with Gasteiger partial charge in [0.25, 0.3) is 0 Å². The molecule has 0 aromatic heterocycles. The van der Waals surface area contributed by atoms with E-state index >= 15 is 0 Å². The van der Waals surface area contributed by atoms with Crippen LogP contribution >= 0.6 is 11.8 Å². The van der Waals surface area contributed by atoms with E-state index < -0.39 is 52.1 Å². The van der Waals surface area contributed by atoms with Crippen molar-refractivity contribution in [3.63, 3.8) is 0 Å². The molecule has 178 valence electrons. The van der Waals surface area contributed by atoms with Gasteiger partial charge in [-0.05, 0) is 50.9 Å². The molecule has 3 amide bonds. The topological polar surface area (TPSA) is 174 Å². The molecule has 3 heterocycles. The summed E-state index contributed by atoms with van der Waals surface area (Å²) in [6.07, 6.45) is 1.48. The number of phenolic OH excluding ortho intramolecular Hbond substituents is 1. The minimum atomic E-state index is -1.15. The van der Waals surface area contributed by atoms with Crippen LogP contribution in [-0.4, -0.2) is 73.6 Å². The predicted molar refractivity (Wildman–Crippen MR) is 120 cm³/mol. The lowest BCUT2D eigenvalue weighted by Gasteiger charge is -2.44. The molecular weight excluding hydrogens is 450 g/mol. The number of amides is 3. The summed E-state index contributed by atoms with van der Waals surface area (Å²) < 4.78 is -0.723. The Bertz CT molecular complexity index is 1010. The van der Waals surface area contributed by atoms with Crippen molar-refractivity contribution < 1.29 is 29.4 Å². The summed E-state index contributed by atoms with van der Waals surface area (Å²) in [5.74, 6) is -2.71. The Hall–Kier alpha value is -2.99. The van der Waals surface area contributed by atoms with Crippen molar-refractivity contribution in [1.82, 2.24) is 20.9 Å². The number of nitrogen functional groups attached to an aromatic ring is 1. The van der Waals surface area contributed by atoms with Crippen LogP contribution in [-0.2, 0) is 19.2 Å². The summed E-state index contributed by atoms with van der Waals surface area (Å²) in [6.45, 7) is 4.20. The highest BCUT2D eigenvalue weighted by atomic mass is 32.2. The molecule has 3 fully saturated rings. The maximum atomic E-state index is 13.3. The number of carboxylic acid groups (broad SMARTS) is 1. The summed E-state index contributed by atoms with van der Waals surface area (Å²) in [6, 6.07) is 0.704. The van der Waals surface area contributed by atoms with E-state index in [2.05, 4.69) is 16.0 Å². The van der Waals surface area contributed by atoms with Crippen molar-refractivity contribution in [2.24, 2.45) is 0 Å². The number of nitrogens with zero attached hydrogens (tertiary/aromatic N) is 1. The highest BCUT2D eigenvalue weighted by molar-refractivity contribution is 8.01. The number of benzene rings is 1. The molecule has 0 radical (unpaired) electrons. The van der Waals surface area contributed by atoms with Crippen molar-refractivity contribution in [2.75, 3.05) is 12.3 Å². The van der Waals surface area contributed by atoms with E-state index in [1.54, 1.807) is 13.8 Å². The number of hydrogen-bond donors (Lipinski definition) is 6. The summed E-state index contributed by atoms with van der Waals surface area (Å²) >= 11 is 1.31. The van der Waals surface area contributed by atoms with Gasteiger partial charge in [0, 0.05) is 4.75 Å². The number of phenols is 1. The maximum Gasteiger partial charge on any atom is 0.327 e. The maximum absolute atomic E-state index is 13.3. The van der Waals surface area contributed by atoms with Crippen LogP contribution in [0.4, 0.5) is 5.69 Å². The largest absolute Gasteiger partial charge is 0.506 e. The predicted octanol–water partition coefficient (Wildman–Crippen LogP) is -0.485. The monoisotopic (exact) mass is 477 g/mol. The van der Waals surface area contributed by atoms with Crippen molar-refractivity contribution in [3.05, 3.63) is 23.8 Å². The highest BCUT2D eigenvalue weighted by Crippen LogP contribution is 2.50. The molecule has 0 saturated carbocycles. The van der Waals surface area contributed by atoms with Crippen LogP contribution in [0.5, 0.6) is 5.75 Å². The van der Waals surface area contributed by atoms with Crippen LogP contribution in [0.15, 0.2) is 18.2 Å². The van der Waals surface area contributed by atoms with Gasteiger partial charge in [0.1, 0.15) is 29.2 Å². The molecule has 0 bridgehead atoms. The van der Waals surface area contributed by atoms with Crippen molar-refractivity contribution in [3.8, 4) is 5.75 Å². The van der Waals surface area contributed by atoms with Crippen LogP contribution in [0.1, 0.15) is 38.3 Å². The summed E-state index contributed by atoms with van der Waals surface area (Å²) in [4.78, 5) is 51.7. The third-order valence-electron chi connectivity index (χ3n) is 6.28. The highest BCUT2D eigenvalue weighted by Gasteiger charge is 2.64. The SMILES string of the molecule is CC1(C)S[C@@H]2[C@H](NC(=O)C(NC(=O)[C@@H]3CCCN3)c3ccc(O)c(N)c3)C(=O)N2[C@H]1C(=O)O. The fourth-order valence-electron chi connectivity index (χ4n) is 4.59. The Labute approximate surface area is 194 Å². The fourth-order valence-corrected chi connectivity index (χ4v) is 6.21. The number of anilines is 1. The lowest BCUT2D eigenvalue weighted by molar-refractivity contribution is -0.161. The van der Waals surface area contributed by atoms with Crippen LogP contribution in [0.2, 0.25) is 0 Å². The first-order valence-corrected chi connectivity index (χ1v) is 11.5. The van der Waals surface area contributed by atoms with Gasteiger partial charge in [-0.25, -0.2) is 4.79 Å². The van der Waals surface area contributed by atoms with Gasteiger partial charge in [0.05, 0.1) is 11.7 Å². The first kappa shape index (κ1) is 23.2. The first-order chi connectivity index (χ1) is 15.5. The molecule has 5 atom stereocenters. The molecule has 3 saturated heterocycles. The van der Waals surface area contributed by atoms with Gasteiger partial charge in [-0.3, -0.25) is 14.4 Å². The molecule has 0 spiro atoms. The number of β-lactam (4-membered cyclic amide) rings is 1. The van der Waals surface area contributed by atoms with Gasteiger partial charge in [-0.15, -0.1) is 11.8 Å². The Kier molecular flexibility index (Phi) is 5.91. The molecule has 33 heavy (non-hydrogen) atoms. The third kappa shape index (κ3) is 4.08. The summed E-state index contributed by atoms with van der Waals surface area (Å²) in [5.41, 5.74) is 6.18. The Balaban J connectivity index is 1.54. The van der Waals surface area contributed by atoms with Gasteiger partial charge >= 0.3 is 5.97 Å². The molecule has 1 unspecified atom stereocenters. The fraction of sp³-hybridized carbons (Fsp3) is 0.524. The smallest absolute Gasteiger partial charge is 0.327 e. The van der Waals surface area contributed by atoms with Gasteiger partial charge in [0.15, 0.2) is 0 Å². The van der Waals surface area contributed by atoms with E-state index in [1.165, 1.54) is 34.9 Å². The Morgan fingerprint density at radius 1 is 1.33 bits per heavy atom. The number of carbonyl (C=O) groups excluding carboxylic acids is 3. The molecule has 0 aliphatic carbocycles. The van der Waals surface area contributed by atoms with Gasteiger partial charge in [-0.1, -0.05) is 6.07 Å². The lowest BCUT2D eigenvalue weighted by atomic mass is 9.95. The molecule has 1 aromatic carbocycles. The summed E-state index contributed by atoms with van der Waals surface area (Å²) in [7, 11) is 0. The molecular formula is C21H27N5O6S. The molecule has 7 N–H and O–H groups in total. The normalized spacial score (nSPS) is 28.5. The minimum absolute atomic E-state index is 0.0434. The minimum Gasteiger partial charge on any atom is -0.506 e. The second-order valence-electron chi connectivity index (χ2n) is 8.99. The molecule has 3 aliphatic rings. The number of rotatable bonds is 6. The number of carboxylic acids is 1. The molecule has 11 nitrogen and oxygen atoms in total. The van der Waals surface area contributed by atoms with Crippen LogP contribution in [0, 0.1) is 0 Å². The quantitative estimate of drug-likeness (QED) is 0.180. The number of hydrogen-bond acceptors (Lipinski definition) is 8. The second-order valence-corrected chi connectivity index (χ2v) is 10.8. The molecule has 12 heteroatoms. The number of thioether (sulfide) groups is 1. The number of fused-ring (bicyclic) bond motifs is 1. The van der Waals surface area contributed by atoms with Crippen molar-refractivity contribution in [2.45, 2.75) is 61.0 Å². The van der Waals surface area contributed by atoms with Gasteiger partial charge < -0.3 is 36.8 Å². The zero-order valence-corrected chi connectivity index (χ0v) is 19.0. The number of nitrogens with two attached hydrogens (primary N) is 1. The number of carbonyl (C=O) groups is 4. The van der Waals surface area contributed by atoms with Gasteiger partial charge in [-0.2, -0.15) is 0 Å². The van der Waals surface area contributed by atoms with E-state index in [9.17, 15) is 29.4 Å². The lowest BCUT2D eigenvalue weighted by Crippen LogP contribution is -2.71. The van der Waals surface area contributed by atoms with Crippen molar-refractivity contribution >= 4 is 41.1 Å². The van der Waals surface area contributed by atoms with Gasteiger partial charge in [0.2, 0.25) is 17.7 Å². The Morgan fingerprint density at radius 2 is 2.06 bits per heavy atom. The third-order valence-corrected chi connectivity index (χ3v) is 7.85. The van der Waals surface area contributed by atoms with E-state index in [0.717, 1.165) is 6.42 Å². The Morgan fingerprint density at radius 3 is 2.67 bits per heavy atom. The van der Waals surface area contributed by atoms with E-state index in [1.807, 2.05) is 0 Å². The molecule has 1 aromatic rings. The van der Waals surface area contributed by atoms with E-state index in [4.69, 9.17) is 5.73 Å². The average Bonchev–Trinajstić information content (AvgIpc) is 3.37. The summed E-state index contributed by atoms with van der Waals surface area (Å²) in [5, 5.41) is 27.3. The van der Waals surface area contributed by atoms with Crippen LogP contribution in [0.3, 0.4) is 0 Å². The molecule has 4 rings (SSSR count). The second kappa shape index (κ2) is 8.41. The van der Waals surface area contributed by atoms with E-state index in [0.29, 0.717) is 18.5 Å². The van der Waals surface area contributed by atoms with E-state index in [-0.39, 0.29) is 17.3 Å². The number of aromatic hydroxyl groups is 1. The number of aliphatic carboxylic acids is 1. The van der Waals surface area contributed by atoms with Crippen LogP contribution < -0.4 is 21.7 Å². The standard InChI is InChI=1S/C21H27N5O6S/c1-21(2)15(20(31)32)26-18(30)14(19(26)33-21)25-17(29)13(9-5-6-12(27)10(22)8-9)24-16(28)11-4-3-7-23-11/h5-6,8,11,13-15,19,23,27H,3-4,7,22H2,1-2H3,(H,24,28)(H,25,29)(H,31,32)/t11-,13?,14+,15-,19+/m0/s1. The number of nitrogens with one attached hydrogen (secondary N) is 3. The zero-order valence-electron chi connectivity index (χ0n) is 18.2. The zero-order chi connectivity index (χ0) is 24.1. The molecule has 3 aliphatic heterocycles. The average molecular weight is 478 g/mol. The first-order valence-electron chi connectivity index (χ1n) is 10.7. The van der Waals surface area contributed by atoms with Crippen LogP contribution in [0.25, 0.3) is 0 Å². The van der Waals surface area contributed by atoms with Crippen molar-refractivity contribution in [1.29, 1.82) is 0 Å².